The van der Waals surface area contributed by atoms with Crippen LogP contribution in [0.25, 0.3) is 5.57 Å². The number of hydrogen-bond donors (Lipinski definition) is 0. The van der Waals surface area contributed by atoms with E-state index in [1.807, 2.05) is 60.8 Å². The first-order chi connectivity index (χ1) is 12.5. The number of nitrogens with zero attached hydrogens (tertiary/aromatic N) is 1. The molecule has 0 spiro atoms. The average molecular weight is 369 g/mol. The highest BCUT2D eigenvalue weighted by Crippen LogP contribution is 2.42. The van der Waals surface area contributed by atoms with Gasteiger partial charge < -0.3 is 9.64 Å². The van der Waals surface area contributed by atoms with Crippen LogP contribution in [-0.4, -0.2) is 32.5 Å². The molecule has 1 aromatic heterocycles. The van der Waals surface area contributed by atoms with Gasteiger partial charge in [-0.3, -0.25) is 9.59 Å². The summed E-state index contributed by atoms with van der Waals surface area (Å²) < 4.78 is 5.17. The van der Waals surface area contributed by atoms with Crippen molar-refractivity contribution in [2.75, 3.05) is 25.6 Å². The summed E-state index contributed by atoms with van der Waals surface area (Å²) in [6, 6.07) is 12.1. The topological polar surface area (TPSA) is 46.6 Å². The highest BCUT2D eigenvalue weighted by Gasteiger charge is 2.40. The molecule has 2 atom stereocenters. The maximum absolute atomic E-state index is 12.8. The Morgan fingerprint density at radius 1 is 1.23 bits per heavy atom. The third-order valence-electron chi connectivity index (χ3n) is 4.67. The molecule has 0 bridgehead atoms. The molecule has 3 rings (SSSR count). The molecular formula is C21H23NO3S. The van der Waals surface area contributed by atoms with Crippen LogP contribution in [-0.2, 0) is 14.3 Å². The van der Waals surface area contributed by atoms with Crippen LogP contribution in [0, 0.1) is 5.92 Å². The largest absolute Gasteiger partial charge is 0.465 e. The van der Waals surface area contributed by atoms with Crippen LogP contribution < -0.4 is 4.90 Å². The molecule has 0 N–H and O–H groups in total. The van der Waals surface area contributed by atoms with Crippen LogP contribution in [0.1, 0.15) is 29.7 Å². The Kier molecular flexibility index (Phi) is 5.57. The van der Waals surface area contributed by atoms with Gasteiger partial charge in [0.1, 0.15) is 5.92 Å². The van der Waals surface area contributed by atoms with Gasteiger partial charge in [-0.25, -0.2) is 0 Å². The van der Waals surface area contributed by atoms with Gasteiger partial charge in [0.15, 0.2) is 5.78 Å². The molecule has 0 saturated heterocycles. The second-order valence-corrected chi connectivity index (χ2v) is 7.55. The van der Waals surface area contributed by atoms with Gasteiger partial charge >= 0.3 is 5.97 Å². The summed E-state index contributed by atoms with van der Waals surface area (Å²) in [7, 11) is 3.99. The Morgan fingerprint density at radius 2 is 1.96 bits per heavy atom. The van der Waals surface area contributed by atoms with E-state index >= 15 is 0 Å². The van der Waals surface area contributed by atoms with Gasteiger partial charge in [-0.05, 0) is 54.1 Å². The number of carbonyl (C=O) groups is 2. The molecule has 1 heterocycles. The lowest BCUT2D eigenvalue weighted by atomic mass is 9.76. The third-order valence-corrected chi connectivity index (χ3v) is 5.67. The molecule has 26 heavy (non-hydrogen) atoms. The molecule has 0 radical (unpaired) electrons. The normalized spacial score (nSPS) is 19.8. The van der Waals surface area contributed by atoms with Gasteiger partial charge in [-0.1, -0.05) is 18.2 Å². The average Bonchev–Trinajstić information content (AvgIpc) is 3.15. The van der Waals surface area contributed by atoms with Crippen LogP contribution in [0.3, 0.4) is 0 Å². The second-order valence-electron chi connectivity index (χ2n) is 6.57. The molecule has 0 fully saturated rings. The van der Waals surface area contributed by atoms with Gasteiger partial charge in [-0.2, -0.15) is 0 Å². The first kappa shape index (κ1) is 18.4. The van der Waals surface area contributed by atoms with Crippen LogP contribution in [0.2, 0.25) is 0 Å². The predicted octanol–water partition coefficient (Wildman–Crippen LogP) is 4.13. The standard InChI is InChI=1S/C21H23NO3S/c1-4-25-21(24)20-17(19-6-5-11-26-19)12-15(13-18(20)23)14-7-9-16(10-8-14)22(2)3/h5-11,13,17,20H,4,12H2,1-3H3/t17-,20+/m1/s1. The lowest BCUT2D eigenvalue weighted by Gasteiger charge is -2.28. The smallest absolute Gasteiger partial charge is 0.317 e. The maximum Gasteiger partial charge on any atom is 0.317 e. The highest BCUT2D eigenvalue weighted by atomic mass is 32.1. The summed E-state index contributed by atoms with van der Waals surface area (Å²) in [4.78, 5) is 28.3. The molecule has 1 aliphatic carbocycles. The number of esters is 1. The zero-order chi connectivity index (χ0) is 18.7. The van der Waals surface area contributed by atoms with Crippen molar-refractivity contribution in [1.29, 1.82) is 0 Å². The maximum atomic E-state index is 12.8. The summed E-state index contributed by atoms with van der Waals surface area (Å²) in [6.45, 7) is 2.04. The lowest BCUT2D eigenvalue weighted by Crippen LogP contribution is -2.33. The van der Waals surface area contributed by atoms with Crippen molar-refractivity contribution < 1.29 is 14.3 Å². The van der Waals surface area contributed by atoms with Crippen LogP contribution in [0.5, 0.6) is 0 Å². The number of allylic oxidation sites excluding steroid dienone is 2. The molecule has 5 heteroatoms. The van der Waals surface area contributed by atoms with Gasteiger partial charge in [0.25, 0.3) is 0 Å². The number of thiophene rings is 1. The number of benzene rings is 1. The summed E-state index contributed by atoms with van der Waals surface area (Å²) in [5.74, 6) is -1.51. The minimum absolute atomic E-state index is 0.167. The third kappa shape index (κ3) is 3.73. The Balaban J connectivity index is 1.95. The van der Waals surface area contributed by atoms with Crippen molar-refractivity contribution in [3.8, 4) is 0 Å². The number of ketones is 1. The summed E-state index contributed by atoms with van der Waals surface area (Å²) >= 11 is 1.58. The van der Waals surface area contributed by atoms with E-state index in [1.165, 1.54) is 0 Å². The van der Waals surface area contributed by atoms with E-state index in [4.69, 9.17) is 4.74 Å². The molecule has 136 valence electrons. The zero-order valence-corrected chi connectivity index (χ0v) is 16.1. The zero-order valence-electron chi connectivity index (χ0n) is 15.3. The summed E-state index contributed by atoms with van der Waals surface area (Å²) in [5.41, 5.74) is 3.10. The predicted molar refractivity (Wildman–Crippen MR) is 106 cm³/mol. The number of ether oxygens (including phenoxy) is 1. The van der Waals surface area contributed by atoms with Crippen molar-refractivity contribution in [3.63, 3.8) is 0 Å². The summed E-state index contributed by atoms with van der Waals surface area (Å²) in [6.07, 6.45) is 2.27. The van der Waals surface area contributed by atoms with E-state index in [9.17, 15) is 9.59 Å². The molecule has 1 aliphatic rings. The van der Waals surface area contributed by atoms with Gasteiger partial charge in [0, 0.05) is 30.6 Å². The Bertz CT molecular complexity index is 806. The lowest BCUT2D eigenvalue weighted by molar-refractivity contribution is -0.151. The van der Waals surface area contributed by atoms with E-state index in [0.29, 0.717) is 6.42 Å². The van der Waals surface area contributed by atoms with Crippen LogP contribution >= 0.6 is 11.3 Å². The van der Waals surface area contributed by atoms with Crippen molar-refractivity contribution in [2.24, 2.45) is 5.92 Å². The number of hydrogen-bond acceptors (Lipinski definition) is 5. The molecule has 1 aromatic carbocycles. The first-order valence-corrected chi connectivity index (χ1v) is 9.61. The molecule has 0 saturated carbocycles. The van der Waals surface area contributed by atoms with E-state index in [0.717, 1.165) is 21.7 Å². The molecular weight excluding hydrogens is 346 g/mol. The summed E-state index contributed by atoms with van der Waals surface area (Å²) in [5, 5.41) is 1.98. The monoisotopic (exact) mass is 369 g/mol. The van der Waals surface area contributed by atoms with Crippen molar-refractivity contribution >= 4 is 34.3 Å². The van der Waals surface area contributed by atoms with E-state index in [2.05, 4.69) is 0 Å². The Hall–Kier alpha value is -2.40. The van der Waals surface area contributed by atoms with Crippen molar-refractivity contribution in [1.82, 2.24) is 0 Å². The van der Waals surface area contributed by atoms with Crippen LogP contribution in [0.15, 0.2) is 47.9 Å². The fraction of sp³-hybridized carbons (Fsp3) is 0.333. The number of rotatable bonds is 5. The van der Waals surface area contributed by atoms with Crippen molar-refractivity contribution in [2.45, 2.75) is 19.3 Å². The molecule has 2 aromatic rings. The SMILES string of the molecule is CCOC(=O)[C@@H]1C(=O)C=C(c2ccc(N(C)C)cc2)C[C@@H]1c1cccs1. The van der Waals surface area contributed by atoms with Gasteiger partial charge in [-0.15, -0.1) is 11.3 Å². The van der Waals surface area contributed by atoms with E-state index < -0.39 is 11.9 Å². The highest BCUT2D eigenvalue weighted by molar-refractivity contribution is 7.10. The molecule has 0 amide bonds. The fourth-order valence-electron chi connectivity index (χ4n) is 3.33. The molecule has 0 unspecified atom stereocenters. The number of carbonyl (C=O) groups excluding carboxylic acids is 2. The van der Waals surface area contributed by atoms with Gasteiger partial charge in [0.2, 0.25) is 0 Å². The Morgan fingerprint density at radius 3 is 2.54 bits per heavy atom. The van der Waals surface area contributed by atoms with Gasteiger partial charge in [0.05, 0.1) is 6.61 Å². The second kappa shape index (κ2) is 7.87. The first-order valence-electron chi connectivity index (χ1n) is 8.73. The van der Waals surface area contributed by atoms with Crippen LogP contribution in [0.4, 0.5) is 5.69 Å². The van der Waals surface area contributed by atoms with E-state index in [-0.39, 0.29) is 18.3 Å². The Labute approximate surface area is 158 Å². The molecule has 0 aliphatic heterocycles. The van der Waals surface area contributed by atoms with E-state index in [1.54, 1.807) is 24.3 Å². The van der Waals surface area contributed by atoms with Crippen molar-refractivity contribution in [3.05, 3.63) is 58.3 Å². The molecule has 4 nitrogen and oxygen atoms in total. The number of anilines is 1. The minimum atomic E-state index is -0.751. The fourth-order valence-corrected chi connectivity index (χ4v) is 4.19. The quantitative estimate of drug-likeness (QED) is 0.587. The minimum Gasteiger partial charge on any atom is -0.465 e.